The topological polar surface area (TPSA) is 127 Å². The van der Waals surface area contributed by atoms with Gasteiger partial charge in [0.25, 0.3) is 10.0 Å². The van der Waals surface area contributed by atoms with Crippen LogP contribution in [0.4, 0.5) is 4.79 Å². The van der Waals surface area contributed by atoms with Crippen molar-refractivity contribution in [1.82, 2.24) is 10.0 Å². The molecule has 1 rings (SSSR count). The molecule has 9 nitrogen and oxygen atoms in total. The number of aryl methyl sites for hydroxylation is 1. The summed E-state index contributed by atoms with van der Waals surface area (Å²) in [4.78, 5) is 10.9. The molecule has 0 heterocycles. The van der Waals surface area contributed by atoms with E-state index in [2.05, 4.69) is 19.5 Å². The summed E-state index contributed by atoms with van der Waals surface area (Å²) in [5.41, 5.74) is 1.81. The van der Waals surface area contributed by atoms with Crippen LogP contribution in [0.15, 0.2) is 11.0 Å². The fourth-order valence-electron chi connectivity index (χ4n) is 2.37. The van der Waals surface area contributed by atoms with Gasteiger partial charge in [-0.05, 0) is 49.9 Å². The van der Waals surface area contributed by atoms with Crippen molar-refractivity contribution in [3.05, 3.63) is 22.8 Å². The number of methoxy groups -OCH3 is 2. The molecule has 0 aromatic heterocycles. The number of carbonyl (C=O) groups is 1. The average Bonchev–Trinajstić information content (AvgIpc) is 2.56. The van der Waals surface area contributed by atoms with Crippen LogP contribution < -0.4 is 14.8 Å². The number of rotatable bonds is 7. The first-order valence-electron chi connectivity index (χ1n) is 7.84. The van der Waals surface area contributed by atoms with Crippen LogP contribution in [-0.4, -0.2) is 47.9 Å². The molecule has 1 aromatic carbocycles. The van der Waals surface area contributed by atoms with E-state index in [1.54, 1.807) is 26.8 Å². The molecular formula is C16H25N3O6S. The van der Waals surface area contributed by atoms with Gasteiger partial charge in [0.05, 0.1) is 25.7 Å². The van der Waals surface area contributed by atoms with Crippen molar-refractivity contribution in [2.45, 2.75) is 32.1 Å². The molecule has 0 fully saturated rings. The maximum absolute atomic E-state index is 12.6. The Morgan fingerprint density at radius 2 is 1.85 bits per heavy atom. The van der Waals surface area contributed by atoms with E-state index in [0.29, 0.717) is 23.3 Å². The van der Waals surface area contributed by atoms with E-state index in [-0.39, 0.29) is 24.0 Å². The standard InChI is InChI=1S/C16H25N3O6S/c1-10-9-13(23-4)11(2)12(3)14(10)26(21,22)19-15(17)18-7-6-8-25-16(20)24-5/h9H,6-8H2,1-5H3,(H3,17,18,19). The Kier molecular flexibility index (Phi) is 7.69. The minimum atomic E-state index is -3.93. The molecule has 10 heteroatoms. The lowest BCUT2D eigenvalue weighted by molar-refractivity contribution is 0.0721. The van der Waals surface area contributed by atoms with E-state index in [1.807, 2.05) is 0 Å². The van der Waals surface area contributed by atoms with Crippen LogP contribution in [0.2, 0.25) is 0 Å². The van der Waals surface area contributed by atoms with Gasteiger partial charge in [-0.2, -0.15) is 0 Å². The van der Waals surface area contributed by atoms with Crippen molar-refractivity contribution in [3.8, 4) is 5.75 Å². The van der Waals surface area contributed by atoms with Crippen LogP contribution >= 0.6 is 0 Å². The molecule has 26 heavy (non-hydrogen) atoms. The predicted molar refractivity (Wildman–Crippen MR) is 96.2 cm³/mol. The van der Waals surface area contributed by atoms with Gasteiger partial charge in [-0.3, -0.25) is 5.41 Å². The summed E-state index contributed by atoms with van der Waals surface area (Å²) in [5, 5.41) is 10.4. The van der Waals surface area contributed by atoms with Crippen molar-refractivity contribution in [1.29, 1.82) is 5.41 Å². The number of sulfonamides is 1. The van der Waals surface area contributed by atoms with E-state index in [9.17, 15) is 13.2 Å². The van der Waals surface area contributed by atoms with Crippen LogP contribution in [0, 0.1) is 26.2 Å². The number of carbonyl (C=O) groups excluding carboxylic acids is 1. The summed E-state index contributed by atoms with van der Waals surface area (Å²) in [6.45, 7) is 5.48. The van der Waals surface area contributed by atoms with Crippen LogP contribution in [-0.2, 0) is 19.5 Å². The minimum Gasteiger partial charge on any atom is -0.496 e. The summed E-state index contributed by atoms with van der Waals surface area (Å²) in [5.74, 6) is 0.244. The number of nitrogens with one attached hydrogen (secondary N) is 3. The molecule has 1 aromatic rings. The minimum absolute atomic E-state index is 0.0929. The molecule has 3 N–H and O–H groups in total. The highest BCUT2D eigenvalue weighted by molar-refractivity contribution is 7.90. The SMILES string of the molecule is COC(=O)OCCCNC(=N)NS(=O)(=O)c1c(C)cc(OC)c(C)c1C. The molecule has 0 spiro atoms. The van der Waals surface area contributed by atoms with Gasteiger partial charge in [0.15, 0.2) is 0 Å². The molecule has 0 aliphatic carbocycles. The summed E-state index contributed by atoms with van der Waals surface area (Å²) in [7, 11) is -1.20. The quantitative estimate of drug-likeness (QED) is 0.281. The summed E-state index contributed by atoms with van der Waals surface area (Å²) >= 11 is 0. The number of guanidine groups is 1. The van der Waals surface area contributed by atoms with Crippen molar-refractivity contribution >= 4 is 22.1 Å². The molecule has 0 aliphatic rings. The molecule has 0 aliphatic heterocycles. The fourth-order valence-corrected chi connectivity index (χ4v) is 3.85. The Morgan fingerprint density at radius 1 is 1.19 bits per heavy atom. The van der Waals surface area contributed by atoms with E-state index in [1.165, 1.54) is 14.2 Å². The van der Waals surface area contributed by atoms with Gasteiger partial charge >= 0.3 is 6.16 Å². The lowest BCUT2D eigenvalue weighted by atomic mass is 10.1. The molecule has 0 radical (unpaired) electrons. The maximum Gasteiger partial charge on any atom is 0.507 e. The predicted octanol–water partition coefficient (Wildman–Crippen LogP) is 1.60. The Balaban J connectivity index is 2.73. The van der Waals surface area contributed by atoms with Gasteiger partial charge < -0.3 is 19.5 Å². The monoisotopic (exact) mass is 387 g/mol. The number of hydrogen-bond donors (Lipinski definition) is 3. The zero-order valence-corrected chi connectivity index (χ0v) is 16.4. The van der Waals surface area contributed by atoms with E-state index in [0.717, 1.165) is 5.56 Å². The Labute approximate surface area is 153 Å². The average molecular weight is 387 g/mol. The Bertz CT molecular complexity index is 777. The zero-order chi connectivity index (χ0) is 19.9. The van der Waals surface area contributed by atoms with Gasteiger partial charge in [0, 0.05) is 6.54 Å². The van der Waals surface area contributed by atoms with Gasteiger partial charge in [-0.25, -0.2) is 17.9 Å². The summed E-state index contributed by atoms with van der Waals surface area (Å²) < 4.78 is 41.7. The molecule has 0 bridgehead atoms. The second kappa shape index (κ2) is 9.27. The number of hydrogen-bond acceptors (Lipinski definition) is 7. The summed E-state index contributed by atoms with van der Waals surface area (Å²) in [6, 6.07) is 1.65. The number of ether oxygens (including phenoxy) is 3. The smallest absolute Gasteiger partial charge is 0.496 e. The Morgan fingerprint density at radius 3 is 2.42 bits per heavy atom. The Hall–Kier alpha value is -2.49. The van der Waals surface area contributed by atoms with Crippen molar-refractivity contribution < 1.29 is 27.4 Å². The zero-order valence-electron chi connectivity index (χ0n) is 15.6. The second-order valence-corrected chi connectivity index (χ2v) is 7.16. The third kappa shape index (κ3) is 5.51. The van der Waals surface area contributed by atoms with E-state index >= 15 is 0 Å². The van der Waals surface area contributed by atoms with E-state index < -0.39 is 16.2 Å². The van der Waals surface area contributed by atoms with Crippen LogP contribution in [0.1, 0.15) is 23.1 Å². The number of benzene rings is 1. The third-order valence-corrected chi connectivity index (χ3v) is 5.35. The molecule has 0 atom stereocenters. The van der Waals surface area contributed by atoms with Crippen LogP contribution in [0.5, 0.6) is 5.75 Å². The first kappa shape index (κ1) is 21.6. The second-order valence-electron chi connectivity index (χ2n) is 5.54. The molecule has 0 unspecified atom stereocenters. The van der Waals surface area contributed by atoms with Gasteiger partial charge in [0.1, 0.15) is 5.75 Å². The van der Waals surface area contributed by atoms with Crippen molar-refractivity contribution in [2.24, 2.45) is 0 Å². The largest absolute Gasteiger partial charge is 0.507 e. The highest BCUT2D eigenvalue weighted by atomic mass is 32.2. The molecule has 0 saturated heterocycles. The lowest BCUT2D eigenvalue weighted by Crippen LogP contribution is -2.41. The van der Waals surface area contributed by atoms with Crippen LogP contribution in [0.3, 0.4) is 0 Å². The maximum atomic E-state index is 12.6. The third-order valence-electron chi connectivity index (χ3n) is 3.71. The van der Waals surface area contributed by atoms with Crippen LogP contribution in [0.25, 0.3) is 0 Å². The highest BCUT2D eigenvalue weighted by Gasteiger charge is 2.23. The molecule has 0 amide bonds. The van der Waals surface area contributed by atoms with Crippen molar-refractivity contribution in [2.75, 3.05) is 27.4 Å². The summed E-state index contributed by atoms with van der Waals surface area (Å²) in [6.07, 6.45) is -0.402. The van der Waals surface area contributed by atoms with Gasteiger partial charge in [-0.1, -0.05) is 0 Å². The molecular weight excluding hydrogens is 362 g/mol. The molecule has 146 valence electrons. The lowest BCUT2D eigenvalue weighted by Gasteiger charge is -2.17. The normalized spacial score (nSPS) is 10.8. The van der Waals surface area contributed by atoms with E-state index in [4.69, 9.17) is 10.1 Å². The van der Waals surface area contributed by atoms with Gasteiger partial charge in [0.2, 0.25) is 5.96 Å². The highest BCUT2D eigenvalue weighted by Crippen LogP contribution is 2.30. The molecule has 0 saturated carbocycles. The first-order chi connectivity index (χ1) is 12.1. The first-order valence-corrected chi connectivity index (χ1v) is 9.33. The van der Waals surface area contributed by atoms with Crippen molar-refractivity contribution in [3.63, 3.8) is 0 Å². The fraction of sp³-hybridized carbons (Fsp3) is 0.500. The van der Waals surface area contributed by atoms with Gasteiger partial charge in [-0.15, -0.1) is 0 Å².